The van der Waals surface area contributed by atoms with Crippen LogP contribution in [0.3, 0.4) is 0 Å². The molecule has 1 amide bonds. The number of benzene rings is 4. The van der Waals surface area contributed by atoms with Gasteiger partial charge in [-0.1, -0.05) is 78.9 Å². The minimum Gasteiger partial charge on any atom is -0.468 e. The molecule has 0 aliphatic carbocycles. The summed E-state index contributed by atoms with van der Waals surface area (Å²) in [6.07, 6.45) is 1.87. The van der Waals surface area contributed by atoms with E-state index in [9.17, 15) is 9.59 Å². The molecule has 0 aromatic heterocycles. The van der Waals surface area contributed by atoms with Crippen LogP contribution in [0.2, 0.25) is 0 Å². The summed E-state index contributed by atoms with van der Waals surface area (Å²) in [5, 5.41) is 3.06. The van der Waals surface area contributed by atoms with Crippen molar-refractivity contribution in [3.05, 3.63) is 120 Å². The van der Waals surface area contributed by atoms with Crippen LogP contribution in [0, 0.1) is 0 Å². The fourth-order valence-corrected chi connectivity index (χ4v) is 5.53. The van der Waals surface area contributed by atoms with E-state index in [2.05, 4.69) is 27.2 Å². The molecule has 1 heterocycles. The van der Waals surface area contributed by atoms with Crippen LogP contribution in [0.25, 0.3) is 11.1 Å². The van der Waals surface area contributed by atoms with Crippen LogP contribution in [-0.2, 0) is 9.53 Å². The van der Waals surface area contributed by atoms with Gasteiger partial charge in [0.15, 0.2) is 0 Å². The zero-order chi connectivity index (χ0) is 27.9. The number of methoxy groups -OCH3 is 1. The van der Waals surface area contributed by atoms with Crippen molar-refractivity contribution < 1.29 is 14.3 Å². The number of piperidine rings is 1. The molecule has 0 bridgehead atoms. The Balaban J connectivity index is 1.21. The molecule has 1 atom stereocenters. The molecule has 1 fully saturated rings. The van der Waals surface area contributed by atoms with Crippen molar-refractivity contribution in [2.45, 2.75) is 24.9 Å². The Hall–Kier alpha value is -4.42. The van der Waals surface area contributed by atoms with Crippen molar-refractivity contribution in [1.29, 1.82) is 0 Å². The van der Waals surface area contributed by atoms with Gasteiger partial charge in [0.1, 0.15) is 6.04 Å². The summed E-state index contributed by atoms with van der Waals surface area (Å²) >= 11 is 0. The molecular formula is C34H35N3O3. The molecule has 0 saturated carbocycles. The lowest BCUT2D eigenvalue weighted by Crippen LogP contribution is -2.46. The summed E-state index contributed by atoms with van der Waals surface area (Å²) in [7, 11) is 3.46. The zero-order valence-corrected chi connectivity index (χ0v) is 23.0. The lowest BCUT2D eigenvalue weighted by atomic mass is 9.98. The quantitative estimate of drug-likeness (QED) is 0.265. The monoisotopic (exact) mass is 533 g/mol. The van der Waals surface area contributed by atoms with E-state index in [0.29, 0.717) is 5.56 Å². The summed E-state index contributed by atoms with van der Waals surface area (Å²) in [5.74, 6) is -0.366. The standard InChI is InChI=1S/C34H35N3O3/c1-36(32(34(39)40-2)26-13-7-4-8-14-26)28-21-23-37(24-22-28)29-19-17-27(18-20-29)35-33(38)31-16-10-9-15-30(31)25-11-5-3-6-12-25/h3-20,28,32H,21-24H2,1-2H3,(H,35,38). The van der Waals surface area contributed by atoms with E-state index in [-0.39, 0.29) is 17.9 Å². The fraction of sp³-hybridized carbons (Fsp3) is 0.235. The van der Waals surface area contributed by atoms with Gasteiger partial charge in [-0.05, 0) is 66.9 Å². The number of nitrogens with one attached hydrogen (secondary N) is 1. The van der Waals surface area contributed by atoms with Crippen LogP contribution in [0.4, 0.5) is 11.4 Å². The summed E-state index contributed by atoms with van der Waals surface area (Å²) in [5.41, 5.74) is 5.39. The first-order chi connectivity index (χ1) is 19.5. The van der Waals surface area contributed by atoms with Crippen molar-refractivity contribution in [2.24, 2.45) is 0 Å². The topological polar surface area (TPSA) is 61.9 Å². The summed E-state index contributed by atoms with van der Waals surface area (Å²) < 4.78 is 5.14. The summed E-state index contributed by atoms with van der Waals surface area (Å²) in [6, 6.07) is 35.3. The average Bonchev–Trinajstić information content (AvgIpc) is 3.02. The smallest absolute Gasteiger partial charge is 0.327 e. The highest BCUT2D eigenvalue weighted by molar-refractivity contribution is 6.08. The lowest BCUT2D eigenvalue weighted by molar-refractivity contribution is -0.147. The highest BCUT2D eigenvalue weighted by Crippen LogP contribution is 2.30. The van der Waals surface area contributed by atoms with Gasteiger partial charge < -0.3 is 15.0 Å². The van der Waals surface area contributed by atoms with Crippen molar-refractivity contribution in [1.82, 2.24) is 4.90 Å². The van der Waals surface area contributed by atoms with E-state index in [0.717, 1.165) is 54.0 Å². The van der Waals surface area contributed by atoms with Gasteiger partial charge in [0.25, 0.3) is 5.91 Å². The maximum Gasteiger partial charge on any atom is 0.327 e. The molecule has 1 saturated heterocycles. The Bertz CT molecular complexity index is 1420. The Kier molecular flexibility index (Phi) is 8.57. The second-order valence-corrected chi connectivity index (χ2v) is 10.1. The summed E-state index contributed by atoms with van der Waals surface area (Å²) in [6.45, 7) is 1.77. The van der Waals surface area contributed by atoms with Crippen molar-refractivity contribution in [3.8, 4) is 11.1 Å². The van der Waals surface area contributed by atoms with Gasteiger partial charge in [0.05, 0.1) is 7.11 Å². The number of carbonyl (C=O) groups excluding carboxylic acids is 2. The van der Waals surface area contributed by atoms with E-state index >= 15 is 0 Å². The molecule has 1 N–H and O–H groups in total. The van der Waals surface area contributed by atoms with Gasteiger partial charge in [-0.3, -0.25) is 9.69 Å². The lowest BCUT2D eigenvalue weighted by Gasteiger charge is -2.40. The zero-order valence-electron chi connectivity index (χ0n) is 23.0. The number of hydrogen-bond donors (Lipinski definition) is 1. The number of rotatable bonds is 8. The number of carbonyl (C=O) groups is 2. The van der Waals surface area contributed by atoms with E-state index in [1.807, 2.05) is 104 Å². The number of likely N-dealkylation sites (N-methyl/N-ethyl adjacent to an activating group) is 1. The maximum atomic E-state index is 13.2. The second kappa shape index (κ2) is 12.6. The van der Waals surface area contributed by atoms with Gasteiger partial charge in [-0.15, -0.1) is 0 Å². The molecule has 0 spiro atoms. The van der Waals surface area contributed by atoms with Gasteiger partial charge in [0, 0.05) is 36.1 Å². The largest absolute Gasteiger partial charge is 0.468 e. The highest BCUT2D eigenvalue weighted by atomic mass is 16.5. The van der Waals surface area contributed by atoms with Gasteiger partial charge in [-0.2, -0.15) is 0 Å². The van der Waals surface area contributed by atoms with Crippen LogP contribution >= 0.6 is 0 Å². The van der Waals surface area contributed by atoms with Gasteiger partial charge >= 0.3 is 5.97 Å². The van der Waals surface area contributed by atoms with Crippen LogP contribution in [0.1, 0.15) is 34.8 Å². The molecule has 4 aromatic carbocycles. The molecule has 1 unspecified atom stereocenters. The molecule has 0 radical (unpaired) electrons. The molecule has 4 aromatic rings. The van der Waals surface area contributed by atoms with Crippen LogP contribution in [0.5, 0.6) is 0 Å². The minimum absolute atomic E-state index is 0.130. The Morgan fingerprint density at radius 1 is 0.825 bits per heavy atom. The minimum atomic E-state index is -0.419. The SMILES string of the molecule is COC(=O)C(c1ccccc1)N(C)C1CCN(c2ccc(NC(=O)c3ccccc3-c3ccccc3)cc2)CC1. The molecule has 204 valence electrons. The number of amides is 1. The second-order valence-electron chi connectivity index (χ2n) is 10.1. The number of ether oxygens (including phenoxy) is 1. The molecule has 6 heteroatoms. The third-order valence-electron chi connectivity index (χ3n) is 7.73. The first-order valence-electron chi connectivity index (χ1n) is 13.7. The van der Waals surface area contributed by atoms with Crippen molar-refractivity contribution in [3.63, 3.8) is 0 Å². The predicted octanol–water partition coefficient (Wildman–Crippen LogP) is 6.42. The first-order valence-corrected chi connectivity index (χ1v) is 13.7. The van der Waals surface area contributed by atoms with E-state index in [4.69, 9.17) is 4.74 Å². The normalized spacial score (nSPS) is 14.5. The maximum absolute atomic E-state index is 13.2. The number of esters is 1. The van der Waals surface area contributed by atoms with Crippen molar-refractivity contribution in [2.75, 3.05) is 37.5 Å². The Morgan fingerprint density at radius 2 is 1.43 bits per heavy atom. The molecular weight excluding hydrogens is 498 g/mol. The van der Waals surface area contributed by atoms with Crippen molar-refractivity contribution >= 4 is 23.3 Å². The molecule has 6 nitrogen and oxygen atoms in total. The number of anilines is 2. The highest BCUT2D eigenvalue weighted by Gasteiger charge is 2.32. The Morgan fingerprint density at radius 3 is 2.08 bits per heavy atom. The molecule has 5 rings (SSSR count). The average molecular weight is 534 g/mol. The van der Waals surface area contributed by atoms with Crippen LogP contribution < -0.4 is 10.2 Å². The molecule has 1 aliphatic heterocycles. The first kappa shape index (κ1) is 27.2. The van der Waals surface area contributed by atoms with E-state index in [1.165, 1.54) is 7.11 Å². The third-order valence-corrected chi connectivity index (χ3v) is 7.73. The predicted molar refractivity (Wildman–Crippen MR) is 160 cm³/mol. The molecule has 1 aliphatic rings. The molecule has 40 heavy (non-hydrogen) atoms. The summed E-state index contributed by atoms with van der Waals surface area (Å²) in [4.78, 5) is 30.3. The van der Waals surface area contributed by atoms with Crippen LogP contribution in [-0.4, -0.2) is 50.1 Å². The fourth-order valence-electron chi connectivity index (χ4n) is 5.53. The number of nitrogens with zero attached hydrogens (tertiary/aromatic N) is 2. The third kappa shape index (κ3) is 6.08. The Labute approximate surface area is 236 Å². The van der Waals surface area contributed by atoms with E-state index in [1.54, 1.807) is 0 Å². The van der Waals surface area contributed by atoms with Gasteiger partial charge in [0.2, 0.25) is 0 Å². The van der Waals surface area contributed by atoms with Crippen LogP contribution in [0.15, 0.2) is 109 Å². The van der Waals surface area contributed by atoms with Gasteiger partial charge in [-0.25, -0.2) is 4.79 Å². The number of hydrogen-bond acceptors (Lipinski definition) is 5. The van der Waals surface area contributed by atoms with E-state index < -0.39 is 6.04 Å².